The molecule has 16 heteroatoms. The first kappa shape index (κ1) is 46.1. The van der Waals surface area contributed by atoms with Crippen LogP contribution in [0.4, 0.5) is 0 Å². The summed E-state index contributed by atoms with van der Waals surface area (Å²) < 4.78 is 69.3. The molecule has 2 aliphatic carbocycles. The second-order valence-corrected chi connectivity index (χ2v) is 21.9. The maximum absolute atomic E-state index is 13.3. The van der Waals surface area contributed by atoms with E-state index in [-0.39, 0.29) is 51.5 Å². The van der Waals surface area contributed by atoms with Crippen molar-refractivity contribution in [1.82, 2.24) is 19.9 Å². The van der Waals surface area contributed by atoms with Gasteiger partial charge >= 0.3 is 7.60 Å². The van der Waals surface area contributed by atoms with E-state index in [1.54, 1.807) is 60.9 Å². The highest BCUT2D eigenvalue weighted by molar-refractivity contribution is 7.91. The van der Waals surface area contributed by atoms with Gasteiger partial charge in [-0.3, -0.25) is 29.1 Å². The Morgan fingerprint density at radius 3 is 1.34 bits per heavy atom. The van der Waals surface area contributed by atoms with Gasteiger partial charge in [0.05, 0.1) is 45.9 Å². The minimum absolute atomic E-state index is 0.00674. The number of aromatic nitrogens is 4. The molecule has 0 amide bonds. The molecule has 2 heterocycles. The smallest absolute Gasteiger partial charge is 0.307 e. The average molecular weight is 867 g/mol. The highest BCUT2D eigenvalue weighted by atomic mass is 32.2. The zero-order valence-corrected chi connectivity index (χ0v) is 37.0. The molecule has 4 aromatic rings. The van der Waals surface area contributed by atoms with Gasteiger partial charge in [0.1, 0.15) is 11.6 Å². The van der Waals surface area contributed by atoms with E-state index in [1.165, 1.54) is 58.6 Å². The second-order valence-electron chi connectivity index (χ2n) is 15.7. The van der Waals surface area contributed by atoms with E-state index in [4.69, 9.17) is 9.05 Å². The van der Waals surface area contributed by atoms with Gasteiger partial charge in [-0.05, 0) is 67.0 Å². The first-order chi connectivity index (χ1) is 28.0. The zero-order chi connectivity index (χ0) is 42.8. The normalized spacial score (nSPS) is 16.3. The number of ketones is 2. The second kappa shape index (κ2) is 20.5. The van der Waals surface area contributed by atoms with Crippen LogP contribution in [0.2, 0.25) is 0 Å². The van der Waals surface area contributed by atoms with Crippen LogP contribution in [0.1, 0.15) is 104 Å². The molecule has 0 radical (unpaired) electrons. The lowest BCUT2D eigenvalue weighted by molar-refractivity contribution is -0.121. The Bertz CT molecular complexity index is 2290. The Morgan fingerprint density at radius 2 is 1.02 bits per heavy atom. The van der Waals surface area contributed by atoms with Gasteiger partial charge in [-0.1, -0.05) is 75.6 Å². The van der Waals surface area contributed by atoms with Crippen LogP contribution in [0, 0.1) is 18.8 Å². The molecule has 0 N–H and O–H groups in total. The molecule has 0 bridgehead atoms. The molecule has 59 heavy (non-hydrogen) atoms. The predicted octanol–water partition coefficient (Wildman–Crippen LogP) is 7.13. The van der Waals surface area contributed by atoms with Crippen LogP contribution in [0.15, 0.2) is 83.1 Å². The van der Waals surface area contributed by atoms with E-state index in [9.17, 15) is 31.0 Å². The lowest BCUT2D eigenvalue weighted by atomic mass is 9.83. The summed E-state index contributed by atoms with van der Waals surface area (Å²) in [4.78, 5) is 43.8. The summed E-state index contributed by atoms with van der Waals surface area (Å²) in [7, 11) is -7.51. The molecule has 2 aromatic carbocycles. The summed E-state index contributed by atoms with van der Waals surface area (Å²) in [6, 6.07) is 13.4. The number of carbonyl (C=O) groups excluding carboxylic acids is 2. The van der Waals surface area contributed by atoms with Gasteiger partial charge < -0.3 is 9.05 Å². The minimum Gasteiger partial charge on any atom is -0.307 e. The van der Waals surface area contributed by atoms with Crippen molar-refractivity contribution < 1.29 is 40.0 Å². The third-order valence-electron chi connectivity index (χ3n) is 11.3. The van der Waals surface area contributed by atoms with E-state index < -0.39 is 27.3 Å². The number of nitrogens with zero attached hydrogens (tertiary/aromatic N) is 4. The molecule has 0 saturated heterocycles. The summed E-state index contributed by atoms with van der Waals surface area (Å²) in [5.41, 5.74) is 3.74. The van der Waals surface area contributed by atoms with Crippen LogP contribution >= 0.6 is 7.60 Å². The molecule has 2 aromatic heterocycles. The summed E-state index contributed by atoms with van der Waals surface area (Å²) in [5.74, 6) is 0.556. The fraction of sp³-hybridized carbons (Fsp3) is 0.488. The standard InChI is InChI=1S/C22H29N2O6PS.C21H26N2O3S/c1-29-31(26,30-2)22-15-23-18(14-24-22)13-21(25)20(12-16-6-4-5-7-16)17-8-10-19(11-9-17)32(3,27)28;1-15-13-23-18(14-22-15)12-21(24)20(11-16-5-3-4-6-16)17-7-9-19(10-8-17)27(2,25)26/h8-11,14-16,20H,4-7,12-13H2,1-3H3;7-10,13-14,16,20H,3-6,11-12H2,1-2H3/t2*20-/m11/s1. The van der Waals surface area contributed by atoms with Crippen LogP contribution < -0.4 is 5.44 Å². The van der Waals surface area contributed by atoms with Gasteiger partial charge in [0.15, 0.2) is 25.1 Å². The van der Waals surface area contributed by atoms with Crippen molar-refractivity contribution in [2.45, 2.75) is 106 Å². The van der Waals surface area contributed by atoms with Gasteiger partial charge in [-0.15, -0.1) is 0 Å². The van der Waals surface area contributed by atoms with Crippen molar-refractivity contribution in [1.29, 1.82) is 0 Å². The van der Waals surface area contributed by atoms with E-state index in [0.29, 0.717) is 23.2 Å². The van der Waals surface area contributed by atoms with E-state index in [2.05, 4.69) is 19.9 Å². The van der Waals surface area contributed by atoms with Gasteiger partial charge in [-0.2, -0.15) is 0 Å². The Balaban J connectivity index is 0.000000227. The molecule has 2 fully saturated rings. The molecule has 6 rings (SSSR count). The molecule has 0 aliphatic heterocycles. The van der Waals surface area contributed by atoms with Crippen molar-refractivity contribution in [2.24, 2.45) is 11.8 Å². The fourth-order valence-corrected chi connectivity index (χ4v) is 10.1. The molecular weight excluding hydrogens is 812 g/mol. The van der Waals surface area contributed by atoms with Crippen molar-refractivity contribution in [3.8, 4) is 0 Å². The zero-order valence-electron chi connectivity index (χ0n) is 34.4. The Morgan fingerprint density at radius 1 is 0.627 bits per heavy atom. The van der Waals surface area contributed by atoms with Crippen LogP contribution in [0.5, 0.6) is 0 Å². The van der Waals surface area contributed by atoms with Gasteiger partial charge in [0, 0.05) is 57.2 Å². The van der Waals surface area contributed by atoms with Crippen molar-refractivity contribution >= 4 is 44.3 Å². The number of hydrogen-bond donors (Lipinski definition) is 0. The molecule has 0 unspecified atom stereocenters. The molecular formula is C43H55N4O9PS2. The van der Waals surface area contributed by atoms with Crippen molar-refractivity contribution in [3.05, 3.63) is 102 Å². The number of Topliss-reactive ketones (excluding diaryl/α,β-unsaturated/α-hetero) is 2. The molecule has 0 spiro atoms. The number of sulfone groups is 2. The highest BCUT2D eigenvalue weighted by Gasteiger charge is 2.30. The van der Waals surface area contributed by atoms with Crippen LogP contribution in [-0.4, -0.2) is 75.1 Å². The van der Waals surface area contributed by atoms with Gasteiger partial charge in [0.2, 0.25) is 0 Å². The summed E-state index contributed by atoms with van der Waals surface area (Å²) in [6.45, 7) is 1.87. The lowest BCUT2D eigenvalue weighted by Gasteiger charge is -2.20. The third kappa shape index (κ3) is 13.0. The molecule has 318 valence electrons. The Hall–Kier alpha value is -4.01. The SMILES string of the molecule is COP(=O)(OC)c1cnc(CC(=O)[C@H](CC2CCCC2)c2ccc(S(C)(=O)=O)cc2)cn1.Cc1cnc(CC(=O)[C@H](CC2CCCC2)c2ccc(S(C)(=O)=O)cc2)cn1. The van der Waals surface area contributed by atoms with E-state index in [0.717, 1.165) is 61.6 Å². The lowest BCUT2D eigenvalue weighted by Crippen LogP contribution is -2.20. The van der Waals surface area contributed by atoms with Gasteiger partial charge in [-0.25, -0.2) is 21.8 Å². The van der Waals surface area contributed by atoms with Crippen LogP contribution in [-0.2, 0) is 55.7 Å². The van der Waals surface area contributed by atoms with Crippen LogP contribution in [0.3, 0.4) is 0 Å². The maximum Gasteiger partial charge on any atom is 0.380 e. The molecule has 2 saturated carbocycles. The van der Waals surface area contributed by atoms with Crippen LogP contribution in [0.25, 0.3) is 0 Å². The molecule has 2 aliphatic rings. The minimum atomic E-state index is -3.50. The van der Waals surface area contributed by atoms with Gasteiger partial charge in [0.25, 0.3) is 0 Å². The highest BCUT2D eigenvalue weighted by Crippen LogP contribution is 2.44. The largest absolute Gasteiger partial charge is 0.380 e. The summed E-state index contributed by atoms with van der Waals surface area (Å²) in [6.07, 6.45) is 19.6. The number of hydrogen-bond acceptors (Lipinski definition) is 13. The molecule has 2 atom stereocenters. The Kier molecular flexibility index (Phi) is 16.0. The number of aryl methyl sites for hydroxylation is 1. The van der Waals surface area contributed by atoms with Crippen molar-refractivity contribution in [3.63, 3.8) is 0 Å². The van der Waals surface area contributed by atoms with E-state index >= 15 is 0 Å². The monoisotopic (exact) mass is 866 g/mol. The van der Waals surface area contributed by atoms with Crippen molar-refractivity contribution in [2.75, 3.05) is 26.7 Å². The summed E-state index contributed by atoms with van der Waals surface area (Å²) in [5, 5.41) is 0. The average Bonchev–Trinajstić information content (AvgIpc) is 3.95. The fourth-order valence-electron chi connectivity index (χ4n) is 7.92. The number of benzene rings is 2. The summed E-state index contributed by atoms with van der Waals surface area (Å²) >= 11 is 0. The quantitative estimate of drug-likeness (QED) is 0.0976. The number of rotatable bonds is 17. The Labute approximate surface area is 348 Å². The maximum atomic E-state index is 13.3. The number of carbonyl (C=O) groups is 2. The first-order valence-electron chi connectivity index (χ1n) is 19.9. The third-order valence-corrected chi connectivity index (χ3v) is 15.3. The van der Waals surface area contributed by atoms with E-state index in [1.807, 2.05) is 6.92 Å². The first-order valence-corrected chi connectivity index (χ1v) is 25.3. The molecule has 13 nitrogen and oxygen atoms in total. The predicted molar refractivity (Wildman–Crippen MR) is 225 cm³/mol. The topological polar surface area (TPSA) is 190 Å².